The zero-order valence-corrected chi connectivity index (χ0v) is 14.8. The van der Waals surface area contributed by atoms with Gasteiger partial charge in [0.15, 0.2) is 0 Å². The zero-order chi connectivity index (χ0) is 18.8. The fraction of sp³-hybridized carbons (Fsp3) is 0.200. The van der Waals surface area contributed by atoms with Crippen LogP contribution in [0.1, 0.15) is 28.2 Å². The first-order chi connectivity index (χ1) is 13.2. The van der Waals surface area contributed by atoms with Gasteiger partial charge in [0.25, 0.3) is 11.5 Å². The number of aromatic nitrogens is 2. The minimum atomic E-state index is -0.357. The lowest BCUT2D eigenvalue weighted by Crippen LogP contribution is -2.22. The summed E-state index contributed by atoms with van der Waals surface area (Å²) in [6.07, 6.45) is 3.26. The van der Waals surface area contributed by atoms with Gasteiger partial charge in [0.05, 0.1) is 24.2 Å². The van der Waals surface area contributed by atoms with Gasteiger partial charge in [-0.05, 0) is 54.4 Å². The Kier molecular flexibility index (Phi) is 4.42. The number of rotatable bonds is 4. The molecule has 2 heterocycles. The Balaban J connectivity index is 1.53. The van der Waals surface area contributed by atoms with Gasteiger partial charge in [0, 0.05) is 18.5 Å². The fourth-order valence-corrected chi connectivity index (χ4v) is 3.14. The van der Waals surface area contributed by atoms with Crippen LogP contribution >= 0.6 is 0 Å². The highest BCUT2D eigenvalue weighted by Crippen LogP contribution is 2.16. The third kappa shape index (κ3) is 3.31. The van der Waals surface area contributed by atoms with E-state index in [-0.39, 0.29) is 11.5 Å². The molecule has 3 aromatic rings. The standard InChI is InChI=1S/C20H18N4O3/c1-27-15-7-4-13(5-8-15)12-21-23-19(25)14-6-9-16-17(11-14)22-18-3-2-10-24(18)20(16)26/h4-9,11-12H,2-3,10H2,1H3,(H,23,25)/b21-12-. The van der Waals surface area contributed by atoms with E-state index in [1.807, 2.05) is 24.3 Å². The Morgan fingerprint density at radius 1 is 1.26 bits per heavy atom. The molecule has 4 rings (SSSR count). The predicted octanol–water partition coefficient (Wildman–Crippen LogP) is 2.12. The summed E-state index contributed by atoms with van der Waals surface area (Å²) in [6, 6.07) is 12.2. The van der Waals surface area contributed by atoms with Gasteiger partial charge in [0.2, 0.25) is 0 Å². The Morgan fingerprint density at radius 2 is 2.07 bits per heavy atom. The third-order valence-corrected chi connectivity index (χ3v) is 4.57. The van der Waals surface area contributed by atoms with E-state index in [2.05, 4.69) is 15.5 Å². The van der Waals surface area contributed by atoms with Crippen molar-refractivity contribution in [2.45, 2.75) is 19.4 Å². The average molecular weight is 362 g/mol. The molecular formula is C20H18N4O3. The maximum Gasteiger partial charge on any atom is 0.271 e. The van der Waals surface area contributed by atoms with Crippen LogP contribution < -0.4 is 15.7 Å². The second-order valence-corrected chi connectivity index (χ2v) is 6.29. The Morgan fingerprint density at radius 3 is 2.85 bits per heavy atom. The van der Waals surface area contributed by atoms with E-state index >= 15 is 0 Å². The molecule has 136 valence electrons. The van der Waals surface area contributed by atoms with Crippen LogP contribution in [-0.4, -0.2) is 28.8 Å². The van der Waals surface area contributed by atoms with E-state index in [1.165, 1.54) is 0 Å². The lowest BCUT2D eigenvalue weighted by molar-refractivity contribution is 0.0955. The Bertz CT molecular complexity index is 1100. The number of nitrogens with one attached hydrogen (secondary N) is 1. The predicted molar refractivity (Wildman–Crippen MR) is 102 cm³/mol. The molecule has 0 aliphatic carbocycles. The number of hydrazone groups is 1. The SMILES string of the molecule is COc1ccc(/C=N\NC(=O)c2ccc3c(=O)n4c(nc3c2)CCC4)cc1. The molecule has 0 unspecified atom stereocenters. The molecule has 0 bridgehead atoms. The summed E-state index contributed by atoms with van der Waals surface area (Å²) in [4.78, 5) is 29.3. The number of hydrogen-bond donors (Lipinski definition) is 1. The van der Waals surface area contributed by atoms with Crippen molar-refractivity contribution in [3.05, 3.63) is 69.8 Å². The molecule has 2 aromatic carbocycles. The molecule has 7 nitrogen and oxygen atoms in total. The molecule has 0 radical (unpaired) electrons. The number of aryl methyl sites for hydroxylation is 1. The molecule has 0 fully saturated rings. The second-order valence-electron chi connectivity index (χ2n) is 6.29. The van der Waals surface area contributed by atoms with E-state index in [9.17, 15) is 9.59 Å². The number of carbonyl (C=O) groups excluding carboxylic acids is 1. The van der Waals surface area contributed by atoms with Gasteiger partial charge in [-0.15, -0.1) is 0 Å². The van der Waals surface area contributed by atoms with Gasteiger partial charge in [-0.3, -0.25) is 14.2 Å². The average Bonchev–Trinajstić information content (AvgIpc) is 3.17. The van der Waals surface area contributed by atoms with Crippen molar-refractivity contribution < 1.29 is 9.53 Å². The van der Waals surface area contributed by atoms with E-state index < -0.39 is 0 Å². The minimum absolute atomic E-state index is 0.0445. The van der Waals surface area contributed by atoms with Crippen molar-refractivity contribution in [3.63, 3.8) is 0 Å². The van der Waals surface area contributed by atoms with Crippen LogP contribution in [0.4, 0.5) is 0 Å². The monoisotopic (exact) mass is 362 g/mol. The maximum atomic E-state index is 12.5. The summed E-state index contributed by atoms with van der Waals surface area (Å²) >= 11 is 0. The van der Waals surface area contributed by atoms with Gasteiger partial charge in [0.1, 0.15) is 11.6 Å². The first-order valence-corrected chi connectivity index (χ1v) is 8.66. The summed E-state index contributed by atoms with van der Waals surface area (Å²) < 4.78 is 6.81. The molecule has 0 saturated carbocycles. The van der Waals surface area contributed by atoms with Gasteiger partial charge in [-0.1, -0.05) is 0 Å². The lowest BCUT2D eigenvalue weighted by atomic mass is 10.1. The van der Waals surface area contributed by atoms with Crippen LogP contribution in [-0.2, 0) is 13.0 Å². The highest BCUT2D eigenvalue weighted by molar-refractivity contribution is 5.98. The summed E-state index contributed by atoms with van der Waals surface area (Å²) in [6.45, 7) is 0.708. The molecule has 7 heteroatoms. The Labute approximate surface area is 155 Å². The quantitative estimate of drug-likeness (QED) is 0.569. The van der Waals surface area contributed by atoms with Gasteiger partial charge >= 0.3 is 0 Å². The highest BCUT2D eigenvalue weighted by atomic mass is 16.5. The number of amides is 1. The summed E-state index contributed by atoms with van der Waals surface area (Å²) in [5, 5.41) is 4.50. The van der Waals surface area contributed by atoms with Gasteiger partial charge < -0.3 is 4.74 Å². The normalized spacial score (nSPS) is 13.1. The van der Waals surface area contributed by atoms with Crippen molar-refractivity contribution in [1.82, 2.24) is 15.0 Å². The van der Waals surface area contributed by atoms with E-state index in [1.54, 1.807) is 36.1 Å². The van der Waals surface area contributed by atoms with Crippen LogP contribution in [0.15, 0.2) is 52.4 Å². The van der Waals surface area contributed by atoms with Crippen molar-refractivity contribution in [2.24, 2.45) is 5.10 Å². The third-order valence-electron chi connectivity index (χ3n) is 4.57. The van der Waals surface area contributed by atoms with Crippen LogP contribution in [0.5, 0.6) is 5.75 Å². The van der Waals surface area contributed by atoms with Crippen molar-refractivity contribution in [3.8, 4) is 5.75 Å². The number of nitrogens with zero attached hydrogens (tertiary/aromatic N) is 3. The fourth-order valence-electron chi connectivity index (χ4n) is 3.14. The van der Waals surface area contributed by atoms with Crippen LogP contribution in [0.25, 0.3) is 10.9 Å². The number of methoxy groups -OCH3 is 1. The number of ether oxygens (including phenoxy) is 1. The van der Waals surface area contributed by atoms with Gasteiger partial charge in [-0.25, -0.2) is 10.4 Å². The number of hydrogen-bond acceptors (Lipinski definition) is 5. The van der Waals surface area contributed by atoms with Crippen LogP contribution in [0.2, 0.25) is 0 Å². The molecule has 1 aromatic heterocycles. The molecule has 1 aliphatic heterocycles. The van der Waals surface area contributed by atoms with Crippen molar-refractivity contribution in [1.29, 1.82) is 0 Å². The molecule has 0 spiro atoms. The van der Waals surface area contributed by atoms with E-state index in [0.29, 0.717) is 23.0 Å². The van der Waals surface area contributed by atoms with Crippen molar-refractivity contribution >= 4 is 23.0 Å². The first-order valence-electron chi connectivity index (χ1n) is 8.66. The number of carbonyl (C=O) groups is 1. The second kappa shape index (κ2) is 7.03. The molecule has 27 heavy (non-hydrogen) atoms. The highest BCUT2D eigenvalue weighted by Gasteiger charge is 2.17. The molecule has 0 saturated heterocycles. The smallest absolute Gasteiger partial charge is 0.271 e. The lowest BCUT2D eigenvalue weighted by Gasteiger charge is -2.06. The Hall–Kier alpha value is -3.48. The summed E-state index contributed by atoms with van der Waals surface area (Å²) in [5.74, 6) is 1.17. The van der Waals surface area contributed by atoms with Crippen molar-refractivity contribution in [2.75, 3.05) is 7.11 Å². The van der Waals surface area contributed by atoms with E-state index in [0.717, 1.165) is 30.0 Å². The molecule has 1 aliphatic rings. The first kappa shape index (κ1) is 17.0. The van der Waals surface area contributed by atoms with Crippen LogP contribution in [0.3, 0.4) is 0 Å². The maximum absolute atomic E-state index is 12.5. The van der Waals surface area contributed by atoms with Gasteiger partial charge in [-0.2, -0.15) is 5.10 Å². The topological polar surface area (TPSA) is 85.6 Å². The number of fused-ring (bicyclic) bond motifs is 2. The zero-order valence-electron chi connectivity index (χ0n) is 14.8. The largest absolute Gasteiger partial charge is 0.497 e. The molecule has 0 atom stereocenters. The summed E-state index contributed by atoms with van der Waals surface area (Å²) in [5.41, 5.74) is 4.23. The molecule has 1 amide bonds. The summed E-state index contributed by atoms with van der Waals surface area (Å²) in [7, 11) is 1.60. The minimum Gasteiger partial charge on any atom is -0.497 e. The molecule has 1 N–H and O–H groups in total. The molecular weight excluding hydrogens is 344 g/mol. The van der Waals surface area contributed by atoms with E-state index in [4.69, 9.17) is 4.74 Å². The van der Waals surface area contributed by atoms with Crippen LogP contribution in [0, 0.1) is 0 Å². The number of benzene rings is 2.